The van der Waals surface area contributed by atoms with Crippen LogP contribution in [0.1, 0.15) is 28.8 Å². The Morgan fingerprint density at radius 1 is 1.05 bits per heavy atom. The fourth-order valence-electron chi connectivity index (χ4n) is 4.08. The molecule has 2 aromatic heterocycles. The van der Waals surface area contributed by atoms with Crippen molar-refractivity contribution in [3.05, 3.63) is 71.9 Å². The van der Waals surface area contributed by atoms with Crippen LogP contribution in [0.5, 0.6) is 0 Å². The minimum Gasteiger partial charge on any atom is -0.388 e. The largest absolute Gasteiger partial charge is 0.388 e. The molecule has 3 aromatic rings. The van der Waals surface area contributed by atoms with Crippen molar-refractivity contribution in [2.45, 2.75) is 18.6 Å². The standard InChI is InChI=1S/C18H15N3O/c22-18-14(7-11-5-6-19-8-15(11)18)17-13-4-2-1-3-12(13)16-9-20-10-21(16)17/h1-6,8-10,14,17-18,22H,7H2/t14-,17-,18+/m0/s1. The summed E-state index contributed by atoms with van der Waals surface area (Å²) in [5, 5.41) is 10.8. The molecule has 1 aliphatic carbocycles. The highest BCUT2D eigenvalue weighted by atomic mass is 16.3. The van der Waals surface area contributed by atoms with Gasteiger partial charge in [0.2, 0.25) is 0 Å². The second kappa shape index (κ2) is 4.27. The molecule has 5 rings (SSSR count). The van der Waals surface area contributed by atoms with Gasteiger partial charge in [-0.3, -0.25) is 4.98 Å². The van der Waals surface area contributed by atoms with Gasteiger partial charge in [0, 0.05) is 29.4 Å². The molecule has 1 aliphatic heterocycles. The Kier molecular flexibility index (Phi) is 2.35. The highest BCUT2D eigenvalue weighted by molar-refractivity contribution is 5.69. The number of hydrogen-bond acceptors (Lipinski definition) is 3. The quantitative estimate of drug-likeness (QED) is 0.749. The number of pyridine rings is 1. The summed E-state index contributed by atoms with van der Waals surface area (Å²) < 4.78 is 2.21. The van der Waals surface area contributed by atoms with Gasteiger partial charge in [0.25, 0.3) is 0 Å². The van der Waals surface area contributed by atoms with Crippen molar-refractivity contribution in [1.29, 1.82) is 0 Å². The van der Waals surface area contributed by atoms with Crippen molar-refractivity contribution in [1.82, 2.24) is 14.5 Å². The van der Waals surface area contributed by atoms with E-state index in [2.05, 4.69) is 38.8 Å². The molecule has 1 N–H and O–H groups in total. The molecule has 0 bridgehead atoms. The van der Waals surface area contributed by atoms with E-state index in [9.17, 15) is 5.11 Å². The summed E-state index contributed by atoms with van der Waals surface area (Å²) in [7, 11) is 0. The minimum absolute atomic E-state index is 0.121. The van der Waals surface area contributed by atoms with E-state index >= 15 is 0 Å². The highest BCUT2D eigenvalue weighted by Gasteiger charge is 2.42. The van der Waals surface area contributed by atoms with E-state index in [-0.39, 0.29) is 12.0 Å². The molecule has 2 aliphatic rings. The van der Waals surface area contributed by atoms with Crippen molar-refractivity contribution < 1.29 is 5.11 Å². The molecule has 1 aromatic carbocycles. The van der Waals surface area contributed by atoms with Crippen LogP contribution in [0, 0.1) is 5.92 Å². The molecule has 4 heteroatoms. The van der Waals surface area contributed by atoms with Crippen LogP contribution in [-0.4, -0.2) is 19.6 Å². The van der Waals surface area contributed by atoms with E-state index in [1.807, 2.05) is 18.6 Å². The molecule has 0 saturated carbocycles. The summed E-state index contributed by atoms with van der Waals surface area (Å²) in [6.07, 6.45) is 7.79. The van der Waals surface area contributed by atoms with Crippen LogP contribution in [0.2, 0.25) is 0 Å². The highest BCUT2D eigenvalue weighted by Crippen LogP contribution is 2.50. The maximum atomic E-state index is 10.8. The zero-order chi connectivity index (χ0) is 14.7. The van der Waals surface area contributed by atoms with Gasteiger partial charge < -0.3 is 9.67 Å². The predicted molar refractivity (Wildman–Crippen MR) is 82.2 cm³/mol. The summed E-state index contributed by atoms with van der Waals surface area (Å²) in [5.74, 6) is 0.121. The molecule has 0 amide bonds. The Bertz CT molecular complexity index is 870. The first kappa shape index (κ1) is 12.1. The fraction of sp³-hybridized carbons (Fsp3) is 0.222. The first-order valence-electron chi connectivity index (χ1n) is 7.56. The van der Waals surface area contributed by atoms with Gasteiger partial charge in [0.05, 0.1) is 30.4 Å². The number of nitrogens with zero attached hydrogens (tertiary/aromatic N) is 3. The summed E-state index contributed by atoms with van der Waals surface area (Å²) in [6.45, 7) is 0. The average molecular weight is 289 g/mol. The fourth-order valence-corrected chi connectivity index (χ4v) is 4.08. The molecule has 22 heavy (non-hydrogen) atoms. The molecule has 0 spiro atoms. The molecule has 108 valence electrons. The smallest absolute Gasteiger partial charge is 0.0956 e. The van der Waals surface area contributed by atoms with Gasteiger partial charge in [-0.1, -0.05) is 24.3 Å². The first-order chi connectivity index (χ1) is 10.8. The first-order valence-corrected chi connectivity index (χ1v) is 7.56. The Morgan fingerprint density at radius 3 is 2.86 bits per heavy atom. The van der Waals surface area contributed by atoms with Crippen LogP contribution >= 0.6 is 0 Å². The van der Waals surface area contributed by atoms with Crippen LogP contribution in [0.4, 0.5) is 0 Å². The monoisotopic (exact) mass is 289 g/mol. The van der Waals surface area contributed by atoms with Crippen LogP contribution in [-0.2, 0) is 6.42 Å². The molecular formula is C18H15N3O. The van der Waals surface area contributed by atoms with E-state index in [1.54, 1.807) is 12.4 Å². The second-order valence-corrected chi connectivity index (χ2v) is 6.11. The van der Waals surface area contributed by atoms with Crippen molar-refractivity contribution >= 4 is 0 Å². The van der Waals surface area contributed by atoms with Gasteiger partial charge in [0.1, 0.15) is 0 Å². The number of fused-ring (bicyclic) bond motifs is 4. The summed E-state index contributed by atoms with van der Waals surface area (Å²) in [6, 6.07) is 10.6. The van der Waals surface area contributed by atoms with Gasteiger partial charge in [-0.15, -0.1) is 0 Å². The lowest BCUT2D eigenvalue weighted by Crippen LogP contribution is -2.21. The summed E-state index contributed by atoms with van der Waals surface area (Å²) in [4.78, 5) is 8.47. The van der Waals surface area contributed by atoms with E-state index < -0.39 is 6.10 Å². The Balaban J connectivity index is 1.66. The number of hydrogen-bond donors (Lipinski definition) is 1. The zero-order valence-electron chi connectivity index (χ0n) is 11.9. The van der Waals surface area contributed by atoms with Crippen molar-refractivity contribution in [2.24, 2.45) is 5.92 Å². The van der Waals surface area contributed by atoms with Crippen LogP contribution in [0.15, 0.2) is 55.2 Å². The van der Waals surface area contributed by atoms with E-state index in [1.165, 1.54) is 16.7 Å². The molecule has 4 nitrogen and oxygen atoms in total. The third-order valence-electron chi connectivity index (χ3n) is 5.05. The molecule has 3 atom stereocenters. The lowest BCUT2D eigenvalue weighted by molar-refractivity contribution is 0.101. The van der Waals surface area contributed by atoms with E-state index in [4.69, 9.17) is 0 Å². The Labute approximate surface area is 128 Å². The topological polar surface area (TPSA) is 50.9 Å². The predicted octanol–water partition coefficient (Wildman–Crippen LogP) is 2.75. The summed E-state index contributed by atoms with van der Waals surface area (Å²) >= 11 is 0. The number of aliphatic hydroxyl groups is 1. The van der Waals surface area contributed by atoms with Gasteiger partial charge in [-0.25, -0.2) is 4.98 Å². The lowest BCUT2D eigenvalue weighted by atomic mass is 9.88. The molecule has 3 heterocycles. The number of benzene rings is 1. The number of aromatic nitrogens is 3. The van der Waals surface area contributed by atoms with E-state index in [0.717, 1.165) is 17.7 Å². The van der Waals surface area contributed by atoms with Crippen LogP contribution in [0.3, 0.4) is 0 Å². The minimum atomic E-state index is -0.477. The molecule has 0 fully saturated rings. The van der Waals surface area contributed by atoms with E-state index in [0.29, 0.717) is 0 Å². The van der Waals surface area contributed by atoms with Gasteiger partial charge in [-0.2, -0.15) is 0 Å². The number of imidazole rings is 1. The Hall–Kier alpha value is -2.46. The van der Waals surface area contributed by atoms with Gasteiger partial charge in [0.15, 0.2) is 0 Å². The zero-order valence-corrected chi connectivity index (χ0v) is 11.9. The third-order valence-corrected chi connectivity index (χ3v) is 5.05. The normalized spacial score (nSPS) is 24.9. The van der Waals surface area contributed by atoms with Gasteiger partial charge >= 0.3 is 0 Å². The lowest BCUT2D eigenvalue weighted by Gasteiger charge is -2.25. The van der Waals surface area contributed by atoms with Crippen molar-refractivity contribution in [3.63, 3.8) is 0 Å². The molecule has 0 unspecified atom stereocenters. The van der Waals surface area contributed by atoms with Crippen molar-refractivity contribution in [3.8, 4) is 11.3 Å². The van der Waals surface area contributed by atoms with Crippen LogP contribution < -0.4 is 0 Å². The molecule has 0 saturated heterocycles. The SMILES string of the molecule is O[C@H]1c2cnccc2C[C@H]1[C@@H]1c2ccccc2-c2cncn21. The number of aliphatic hydroxyl groups excluding tert-OH is 1. The Morgan fingerprint density at radius 2 is 1.95 bits per heavy atom. The maximum absolute atomic E-state index is 10.8. The summed E-state index contributed by atoms with van der Waals surface area (Å²) in [5.41, 5.74) is 5.83. The maximum Gasteiger partial charge on any atom is 0.0956 e. The van der Waals surface area contributed by atoms with Gasteiger partial charge in [-0.05, 0) is 23.6 Å². The van der Waals surface area contributed by atoms with Crippen LogP contribution in [0.25, 0.3) is 11.3 Å². The molecule has 0 radical (unpaired) electrons. The van der Waals surface area contributed by atoms with Crippen molar-refractivity contribution in [2.75, 3.05) is 0 Å². The second-order valence-electron chi connectivity index (χ2n) is 6.11. The number of rotatable bonds is 1. The molecular weight excluding hydrogens is 274 g/mol. The average Bonchev–Trinajstić information content (AvgIpc) is 3.21. The third kappa shape index (κ3) is 1.45.